The van der Waals surface area contributed by atoms with Crippen LogP contribution in [-0.4, -0.2) is 23.9 Å². The van der Waals surface area contributed by atoms with Gasteiger partial charge in [0.1, 0.15) is 5.82 Å². The molecule has 2 aromatic carbocycles. The third-order valence-corrected chi connectivity index (χ3v) is 4.79. The summed E-state index contributed by atoms with van der Waals surface area (Å²) in [5, 5.41) is 3.65. The Morgan fingerprint density at radius 3 is 2.46 bits per heavy atom. The van der Waals surface area contributed by atoms with E-state index in [0.717, 1.165) is 43.1 Å². The molecule has 1 N–H and O–H groups in total. The topological polar surface area (TPSA) is 32.3 Å². The number of likely N-dealkylation sites (tertiary alicyclic amines) is 1. The lowest BCUT2D eigenvalue weighted by Gasteiger charge is -2.31. The molecule has 5 heteroatoms. The van der Waals surface area contributed by atoms with Gasteiger partial charge in [0.25, 0.3) is 0 Å². The highest BCUT2D eigenvalue weighted by Gasteiger charge is 2.25. The maximum Gasteiger partial charge on any atom is 0.227 e. The highest BCUT2D eigenvalue weighted by molar-refractivity contribution is 6.31. The fraction of sp³-hybridized carbons (Fsp3) is 0.316. The van der Waals surface area contributed by atoms with E-state index < -0.39 is 0 Å². The minimum atomic E-state index is -0.305. The van der Waals surface area contributed by atoms with E-state index in [1.54, 1.807) is 12.1 Å². The van der Waals surface area contributed by atoms with Gasteiger partial charge in [0.15, 0.2) is 0 Å². The van der Waals surface area contributed by atoms with Crippen molar-refractivity contribution < 1.29 is 9.18 Å². The van der Waals surface area contributed by atoms with Gasteiger partial charge < -0.3 is 5.32 Å². The molecule has 0 aliphatic carbocycles. The van der Waals surface area contributed by atoms with Crippen LogP contribution < -0.4 is 5.32 Å². The normalized spacial score (nSPS) is 16.1. The van der Waals surface area contributed by atoms with Crippen LogP contribution in [0.4, 0.5) is 10.1 Å². The van der Waals surface area contributed by atoms with Gasteiger partial charge in [-0.2, -0.15) is 0 Å². The molecule has 1 fully saturated rings. The lowest BCUT2D eigenvalue weighted by molar-refractivity contribution is -0.121. The number of amides is 1. The zero-order chi connectivity index (χ0) is 16.9. The predicted molar refractivity (Wildman–Crippen MR) is 94.5 cm³/mol. The van der Waals surface area contributed by atoms with E-state index in [0.29, 0.717) is 5.69 Å². The van der Waals surface area contributed by atoms with E-state index in [1.807, 2.05) is 24.3 Å². The van der Waals surface area contributed by atoms with Crippen LogP contribution in [0.15, 0.2) is 48.5 Å². The van der Waals surface area contributed by atoms with E-state index in [2.05, 4.69) is 10.2 Å². The molecule has 1 saturated heterocycles. The Morgan fingerprint density at radius 1 is 1.12 bits per heavy atom. The van der Waals surface area contributed by atoms with Crippen molar-refractivity contribution in [3.63, 3.8) is 0 Å². The molecule has 2 aromatic rings. The Kier molecular flexibility index (Phi) is 5.48. The standard InChI is InChI=1S/C19H20ClFN2O/c20-18-4-2-1-3-15(18)13-23-11-9-14(10-12-23)19(24)22-17-7-5-16(21)6-8-17/h1-8,14H,9-13H2,(H,22,24). The second-order valence-electron chi connectivity index (χ2n) is 6.14. The Hall–Kier alpha value is -1.91. The first-order valence-corrected chi connectivity index (χ1v) is 8.52. The Bertz CT molecular complexity index is 697. The smallest absolute Gasteiger partial charge is 0.227 e. The molecule has 1 aliphatic heterocycles. The van der Waals surface area contributed by atoms with Gasteiger partial charge in [0.2, 0.25) is 5.91 Å². The molecule has 3 nitrogen and oxygen atoms in total. The third kappa shape index (κ3) is 4.34. The highest BCUT2D eigenvalue weighted by atomic mass is 35.5. The molecular formula is C19H20ClFN2O. The molecule has 0 atom stereocenters. The van der Waals surface area contributed by atoms with Gasteiger partial charge in [-0.15, -0.1) is 0 Å². The van der Waals surface area contributed by atoms with Crippen molar-refractivity contribution in [1.29, 1.82) is 0 Å². The zero-order valence-corrected chi connectivity index (χ0v) is 14.1. The molecular weight excluding hydrogens is 327 g/mol. The third-order valence-electron chi connectivity index (χ3n) is 4.42. The summed E-state index contributed by atoms with van der Waals surface area (Å²) >= 11 is 6.21. The van der Waals surface area contributed by atoms with Gasteiger partial charge in [0, 0.05) is 23.2 Å². The van der Waals surface area contributed by atoms with Crippen LogP contribution >= 0.6 is 11.6 Å². The fourth-order valence-electron chi connectivity index (χ4n) is 3.00. The second kappa shape index (κ2) is 7.77. The molecule has 1 aliphatic rings. The van der Waals surface area contributed by atoms with Gasteiger partial charge in [0.05, 0.1) is 0 Å². The van der Waals surface area contributed by atoms with Crippen molar-refractivity contribution in [1.82, 2.24) is 4.90 Å². The number of benzene rings is 2. The largest absolute Gasteiger partial charge is 0.326 e. The van der Waals surface area contributed by atoms with E-state index in [4.69, 9.17) is 11.6 Å². The summed E-state index contributed by atoms with van der Waals surface area (Å²) in [7, 11) is 0. The summed E-state index contributed by atoms with van der Waals surface area (Å²) in [6, 6.07) is 13.7. The van der Waals surface area contributed by atoms with Crippen molar-refractivity contribution in [2.45, 2.75) is 19.4 Å². The van der Waals surface area contributed by atoms with Crippen molar-refractivity contribution in [3.05, 3.63) is 64.9 Å². The SMILES string of the molecule is O=C(Nc1ccc(F)cc1)C1CCN(Cc2ccccc2Cl)CC1. The number of carbonyl (C=O) groups is 1. The molecule has 0 unspecified atom stereocenters. The summed E-state index contributed by atoms with van der Waals surface area (Å²) in [5.41, 5.74) is 1.76. The molecule has 3 rings (SSSR count). The summed E-state index contributed by atoms with van der Waals surface area (Å²) in [6.07, 6.45) is 1.63. The van der Waals surface area contributed by atoms with E-state index >= 15 is 0 Å². The van der Waals surface area contributed by atoms with E-state index in [1.165, 1.54) is 12.1 Å². The number of nitrogens with zero attached hydrogens (tertiary/aromatic N) is 1. The van der Waals surface area contributed by atoms with Crippen molar-refractivity contribution in [2.75, 3.05) is 18.4 Å². The first-order chi connectivity index (χ1) is 11.6. The lowest BCUT2D eigenvalue weighted by Crippen LogP contribution is -2.37. The molecule has 0 spiro atoms. The first kappa shape index (κ1) is 16.9. The van der Waals surface area contributed by atoms with Gasteiger partial charge in [-0.25, -0.2) is 4.39 Å². The van der Waals surface area contributed by atoms with Crippen LogP contribution in [-0.2, 0) is 11.3 Å². The average molecular weight is 347 g/mol. The molecule has 0 radical (unpaired) electrons. The van der Waals surface area contributed by atoms with Crippen LogP contribution in [0.5, 0.6) is 0 Å². The minimum Gasteiger partial charge on any atom is -0.326 e. The summed E-state index contributed by atoms with van der Waals surface area (Å²) < 4.78 is 12.9. The fourth-order valence-corrected chi connectivity index (χ4v) is 3.19. The molecule has 1 amide bonds. The highest BCUT2D eigenvalue weighted by Crippen LogP contribution is 2.23. The summed E-state index contributed by atoms with van der Waals surface area (Å²) in [5.74, 6) is -0.294. The Balaban J connectivity index is 1.50. The van der Waals surface area contributed by atoms with Gasteiger partial charge in [-0.05, 0) is 61.8 Å². The Labute approximate surface area is 146 Å². The number of anilines is 1. The second-order valence-corrected chi connectivity index (χ2v) is 6.55. The zero-order valence-electron chi connectivity index (χ0n) is 13.3. The monoisotopic (exact) mass is 346 g/mol. The molecule has 1 heterocycles. The van der Waals surface area contributed by atoms with Gasteiger partial charge >= 0.3 is 0 Å². The van der Waals surface area contributed by atoms with E-state index in [-0.39, 0.29) is 17.6 Å². The van der Waals surface area contributed by atoms with E-state index in [9.17, 15) is 9.18 Å². The van der Waals surface area contributed by atoms with Gasteiger partial charge in [-0.1, -0.05) is 29.8 Å². The van der Waals surface area contributed by atoms with Crippen LogP contribution in [0, 0.1) is 11.7 Å². The van der Waals surface area contributed by atoms with Crippen LogP contribution in [0.25, 0.3) is 0 Å². The number of piperidine rings is 1. The number of nitrogens with one attached hydrogen (secondary N) is 1. The maximum absolute atomic E-state index is 12.9. The number of carbonyl (C=O) groups excluding carboxylic acids is 1. The lowest BCUT2D eigenvalue weighted by atomic mass is 9.95. The molecule has 0 saturated carbocycles. The van der Waals surface area contributed by atoms with Gasteiger partial charge in [-0.3, -0.25) is 9.69 Å². The van der Waals surface area contributed by atoms with Crippen molar-refractivity contribution >= 4 is 23.2 Å². The predicted octanol–water partition coefficient (Wildman–Crippen LogP) is 4.33. The van der Waals surface area contributed by atoms with Crippen molar-refractivity contribution in [2.24, 2.45) is 5.92 Å². The van der Waals surface area contributed by atoms with Crippen LogP contribution in [0.1, 0.15) is 18.4 Å². The van der Waals surface area contributed by atoms with Crippen molar-refractivity contribution in [3.8, 4) is 0 Å². The van der Waals surface area contributed by atoms with Crippen LogP contribution in [0.3, 0.4) is 0 Å². The summed E-state index contributed by atoms with van der Waals surface area (Å²) in [6.45, 7) is 2.55. The average Bonchev–Trinajstić information content (AvgIpc) is 2.59. The Morgan fingerprint density at radius 2 is 1.79 bits per heavy atom. The molecule has 0 aromatic heterocycles. The number of rotatable bonds is 4. The number of hydrogen-bond donors (Lipinski definition) is 1. The number of halogens is 2. The molecule has 0 bridgehead atoms. The maximum atomic E-state index is 12.9. The van der Waals surface area contributed by atoms with Crippen LogP contribution in [0.2, 0.25) is 5.02 Å². The summed E-state index contributed by atoms with van der Waals surface area (Å²) in [4.78, 5) is 14.6. The quantitative estimate of drug-likeness (QED) is 0.893. The first-order valence-electron chi connectivity index (χ1n) is 8.14. The molecule has 126 valence electrons. The molecule has 24 heavy (non-hydrogen) atoms. The minimum absolute atomic E-state index is 0.00227. The number of hydrogen-bond acceptors (Lipinski definition) is 2.